The second kappa shape index (κ2) is 6.43. The Kier molecular flexibility index (Phi) is 4.63. The molecule has 0 atom stereocenters. The summed E-state index contributed by atoms with van der Waals surface area (Å²) in [6, 6.07) is 8.57. The lowest BCUT2D eigenvalue weighted by molar-refractivity contribution is 0.700. The number of benzene rings is 1. The Morgan fingerprint density at radius 2 is 1.84 bits per heavy atom. The number of nitrogens with zero attached hydrogens (tertiary/aromatic N) is 2. The van der Waals surface area contributed by atoms with Crippen LogP contribution in [0.1, 0.15) is 25.7 Å². The molecular weight excluding hydrogens is 238 g/mol. The maximum absolute atomic E-state index is 5.53. The lowest BCUT2D eigenvalue weighted by atomic mass is 10.2. The van der Waals surface area contributed by atoms with Crippen LogP contribution in [0, 0.1) is 0 Å². The Morgan fingerprint density at radius 3 is 2.37 bits per heavy atom. The minimum atomic E-state index is 0.402. The minimum Gasteiger partial charge on any atom is -0.378 e. The summed E-state index contributed by atoms with van der Waals surface area (Å²) < 4.78 is 0. The molecule has 0 unspecified atom stereocenters. The lowest BCUT2D eigenvalue weighted by Gasteiger charge is -2.14. The number of nitrogens with two attached hydrogens (primary N) is 1. The maximum Gasteiger partial charge on any atom is 0.210 e. The van der Waals surface area contributed by atoms with Crippen molar-refractivity contribution >= 4 is 17.3 Å². The third kappa shape index (κ3) is 3.86. The number of rotatable bonds is 3. The SMILES string of the molecule is CN(C)c1ccc(NC(=NC2CCCC2)NN)cc1. The molecule has 1 aliphatic rings. The van der Waals surface area contributed by atoms with Gasteiger partial charge in [-0.15, -0.1) is 0 Å². The van der Waals surface area contributed by atoms with Gasteiger partial charge in [-0.05, 0) is 37.1 Å². The Hall–Kier alpha value is -1.75. The van der Waals surface area contributed by atoms with Gasteiger partial charge in [0.2, 0.25) is 5.96 Å². The summed E-state index contributed by atoms with van der Waals surface area (Å²) in [6.45, 7) is 0. The molecule has 1 aromatic rings. The average molecular weight is 261 g/mol. The molecule has 104 valence electrons. The fourth-order valence-corrected chi connectivity index (χ4v) is 2.30. The van der Waals surface area contributed by atoms with Crippen molar-refractivity contribution < 1.29 is 0 Å². The predicted molar refractivity (Wildman–Crippen MR) is 81.4 cm³/mol. The Morgan fingerprint density at radius 1 is 1.21 bits per heavy atom. The number of anilines is 2. The van der Waals surface area contributed by atoms with E-state index in [2.05, 4.69) is 32.8 Å². The van der Waals surface area contributed by atoms with Gasteiger partial charge in [-0.2, -0.15) is 0 Å². The monoisotopic (exact) mass is 261 g/mol. The van der Waals surface area contributed by atoms with Crippen LogP contribution >= 0.6 is 0 Å². The second-order valence-corrected chi connectivity index (χ2v) is 5.13. The summed E-state index contributed by atoms with van der Waals surface area (Å²) in [5.74, 6) is 6.17. The Balaban J connectivity index is 2.01. The normalized spacial score (nSPS) is 16.5. The van der Waals surface area contributed by atoms with Gasteiger partial charge in [0.15, 0.2) is 0 Å². The zero-order valence-corrected chi connectivity index (χ0v) is 11.7. The smallest absolute Gasteiger partial charge is 0.210 e. The number of aliphatic imine (C=N–C) groups is 1. The van der Waals surface area contributed by atoms with Crippen LogP contribution in [0.2, 0.25) is 0 Å². The van der Waals surface area contributed by atoms with Crippen molar-refractivity contribution in [1.29, 1.82) is 0 Å². The molecule has 0 bridgehead atoms. The highest BCUT2D eigenvalue weighted by atomic mass is 15.3. The third-order valence-corrected chi connectivity index (χ3v) is 3.42. The topological polar surface area (TPSA) is 65.7 Å². The Labute approximate surface area is 114 Å². The van der Waals surface area contributed by atoms with Crippen molar-refractivity contribution in [3.8, 4) is 0 Å². The summed E-state index contributed by atoms with van der Waals surface area (Å²) in [6.07, 6.45) is 4.85. The van der Waals surface area contributed by atoms with Gasteiger partial charge >= 0.3 is 0 Å². The molecular formula is C14H23N5. The zero-order valence-electron chi connectivity index (χ0n) is 11.7. The number of guanidine groups is 1. The quantitative estimate of drug-likeness (QED) is 0.337. The molecule has 2 rings (SSSR count). The van der Waals surface area contributed by atoms with Crippen molar-refractivity contribution in [2.24, 2.45) is 10.8 Å². The first-order valence-electron chi connectivity index (χ1n) is 6.78. The van der Waals surface area contributed by atoms with Crippen molar-refractivity contribution in [3.63, 3.8) is 0 Å². The van der Waals surface area contributed by atoms with Gasteiger partial charge in [0, 0.05) is 25.5 Å². The summed E-state index contributed by atoms with van der Waals surface area (Å²) >= 11 is 0. The first-order valence-corrected chi connectivity index (χ1v) is 6.78. The van der Waals surface area contributed by atoms with E-state index in [1.54, 1.807) is 0 Å². The maximum atomic E-state index is 5.53. The van der Waals surface area contributed by atoms with Gasteiger partial charge in [-0.25, -0.2) is 10.8 Å². The van der Waals surface area contributed by atoms with Crippen LogP contribution in [0.4, 0.5) is 11.4 Å². The van der Waals surface area contributed by atoms with Crippen LogP contribution < -0.4 is 21.5 Å². The largest absolute Gasteiger partial charge is 0.378 e. The summed E-state index contributed by atoms with van der Waals surface area (Å²) in [4.78, 5) is 6.67. The van der Waals surface area contributed by atoms with Crippen LogP contribution in [0.25, 0.3) is 0 Å². The minimum absolute atomic E-state index is 0.402. The van der Waals surface area contributed by atoms with E-state index in [0.29, 0.717) is 12.0 Å². The molecule has 4 N–H and O–H groups in total. The van der Waals surface area contributed by atoms with E-state index in [-0.39, 0.29) is 0 Å². The van der Waals surface area contributed by atoms with Crippen molar-refractivity contribution in [3.05, 3.63) is 24.3 Å². The summed E-state index contributed by atoms with van der Waals surface area (Å²) in [5, 5.41) is 3.22. The van der Waals surface area contributed by atoms with E-state index in [1.165, 1.54) is 18.5 Å². The van der Waals surface area contributed by atoms with Gasteiger partial charge in [0.25, 0.3) is 0 Å². The summed E-state index contributed by atoms with van der Waals surface area (Å²) in [5.41, 5.74) is 4.80. The predicted octanol–water partition coefficient (Wildman–Crippen LogP) is 1.93. The molecule has 0 spiro atoms. The summed E-state index contributed by atoms with van der Waals surface area (Å²) in [7, 11) is 4.05. The molecule has 0 heterocycles. The third-order valence-electron chi connectivity index (χ3n) is 3.42. The number of hydrogen-bond acceptors (Lipinski definition) is 3. The molecule has 1 fully saturated rings. The fraction of sp³-hybridized carbons (Fsp3) is 0.500. The molecule has 5 nitrogen and oxygen atoms in total. The highest BCUT2D eigenvalue weighted by molar-refractivity contribution is 5.93. The number of hydrogen-bond donors (Lipinski definition) is 3. The van der Waals surface area contributed by atoms with E-state index in [0.717, 1.165) is 18.5 Å². The highest BCUT2D eigenvalue weighted by Gasteiger charge is 2.14. The first kappa shape index (κ1) is 13.7. The van der Waals surface area contributed by atoms with Gasteiger partial charge in [-0.3, -0.25) is 5.43 Å². The van der Waals surface area contributed by atoms with Gasteiger partial charge in [0.05, 0.1) is 6.04 Å². The van der Waals surface area contributed by atoms with E-state index >= 15 is 0 Å². The van der Waals surface area contributed by atoms with Gasteiger partial charge < -0.3 is 10.2 Å². The molecule has 0 radical (unpaired) electrons. The molecule has 0 aromatic heterocycles. The molecule has 0 aliphatic heterocycles. The number of hydrazine groups is 1. The van der Waals surface area contributed by atoms with Crippen LogP contribution in [-0.2, 0) is 0 Å². The molecule has 19 heavy (non-hydrogen) atoms. The van der Waals surface area contributed by atoms with Crippen LogP contribution in [0.3, 0.4) is 0 Å². The van der Waals surface area contributed by atoms with Crippen molar-refractivity contribution in [2.45, 2.75) is 31.7 Å². The highest BCUT2D eigenvalue weighted by Crippen LogP contribution is 2.21. The van der Waals surface area contributed by atoms with Crippen molar-refractivity contribution in [1.82, 2.24) is 5.43 Å². The van der Waals surface area contributed by atoms with E-state index in [4.69, 9.17) is 5.84 Å². The van der Waals surface area contributed by atoms with Crippen LogP contribution in [-0.4, -0.2) is 26.1 Å². The van der Waals surface area contributed by atoms with E-state index in [9.17, 15) is 0 Å². The van der Waals surface area contributed by atoms with Gasteiger partial charge in [0.1, 0.15) is 0 Å². The lowest BCUT2D eigenvalue weighted by Crippen LogP contribution is -2.37. The van der Waals surface area contributed by atoms with Gasteiger partial charge in [-0.1, -0.05) is 12.8 Å². The molecule has 1 aliphatic carbocycles. The average Bonchev–Trinajstić information content (AvgIpc) is 2.91. The fourth-order valence-electron chi connectivity index (χ4n) is 2.30. The molecule has 5 heteroatoms. The van der Waals surface area contributed by atoms with E-state index in [1.807, 2.05) is 26.2 Å². The zero-order chi connectivity index (χ0) is 13.7. The second-order valence-electron chi connectivity index (χ2n) is 5.13. The standard InChI is InChI=1S/C14H23N5/c1-19(2)13-9-7-12(8-10-13)17-14(18-15)16-11-5-3-4-6-11/h7-11H,3-6,15H2,1-2H3,(H2,16,17,18). The molecule has 0 amide bonds. The first-order chi connectivity index (χ1) is 9.19. The van der Waals surface area contributed by atoms with Crippen LogP contribution in [0.5, 0.6) is 0 Å². The van der Waals surface area contributed by atoms with Crippen molar-refractivity contribution in [2.75, 3.05) is 24.3 Å². The molecule has 1 saturated carbocycles. The molecule has 1 aromatic carbocycles. The number of nitrogens with one attached hydrogen (secondary N) is 2. The Bertz CT molecular complexity index is 418. The molecule has 0 saturated heterocycles. The van der Waals surface area contributed by atoms with E-state index < -0.39 is 0 Å². The van der Waals surface area contributed by atoms with Crippen LogP contribution in [0.15, 0.2) is 29.3 Å².